The second kappa shape index (κ2) is 3.94. The fourth-order valence-corrected chi connectivity index (χ4v) is 2.37. The molecular formula is C14H11F3N2O. The van der Waals surface area contributed by atoms with E-state index in [0.29, 0.717) is 11.2 Å². The van der Waals surface area contributed by atoms with Crippen LogP contribution in [-0.2, 0) is 4.79 Å². The van der Waals surface area contributed by atoms with Gasteiger partial charge in [-0.3, -0.25) is 9.78 Å². The molecule has 2 heterocycles. The van der Waals surface area contributed by atoms with Gasteiger partial charge in [-0.25, -0.2) is 0 Å². The van der Waals surface area contributed by atoms with Gasteiger partial charge in [0.25, 0.3) is 0 Å². The van der Waals surface area contributed by atoms with Gasteiger partial charge in [0, 0.05) is 18.1 Å². The van der Waals surface area contributed by atoms with E-state index in [2.05, 4.69) is 4.98 Å². The third-order valence-electron chi connectivity index (χ3n) is 3.72. The first kappa shape index (κ1) is 12.9. The molecule has 6 heteroatoms. The molecule has 1 amide bonds. The van der Waals surface area contributed by atoms with Gasteiger partial charge in [-0.1, -0.05) is 18.2 Å². The molecule has 20 heavy (non-hydrogen) atoms. The maximum Gasteiger partial charge on any atom is 0.404 e. The molecule has 2 aromatic rings. The molecule has 1 aliphatic rings. The lowest BCUT2D eigenvalue weighted by Crippen LogP contribution is -2.66. The number of halogens is 3. The normalized spacial score (nSPS) is 23.0. The quantitative estimate of drug-likeness (QED) is 0.752. The van der Waals surface area contributed by atoms with Gasteiger partial charge in [0.05, 0.1) is 11.2 Å². The number of carbonyl (C=O) groups excluding carboxylic acids is 1. The Morgan fingerprint density at radius 2 is 1.95 bits per heavy atom. The van der Waals surface area contributed by atoms with E-state index in [4.69, 9.17) is 0 Å². The van der Waals surface area contributed by atoms with E-state index in [1.807, 2.05) is 0 Å². The lowest BCUT2D eigenvalue weighted by Gasteiger charge is -2.47. The van der Waals surface area contributed by atoms with E-state index >= 15 is 0 Å². The molecule has 0 spiro atoms. The van der Waals surface area contributed by atoms with Gasteiger partial charge in [0.1, 0.15) is 0 Å². The van der Waals surface area contributed by atoms with Crippen LogP contribution in [0.15, 0.2) is 36.5 Å². The number of para-hydroxylation sites is 1. The van der Waals surface area contributed by atoms with Crippen molar-refractivity contribution in [1.82, 2.24) is 4.98 Å². The van der Waals surface area contributed by atoms with Crippen molar-refractivity contribution >= 4 is 22.5 Å². The predicted octanol–water partition coefficient (Wildman–Crippen LogP) is 3.15. The van der Waals surface area contributed by atoms with Gasteiger partial charge in [-0.15, -0.1) is 0 Å². The Hall–Kier alpha value is -2.11. The summed E-state index contributed by atoms with van der Waals surface area (Å²) in [7, 11) is 0. The number of amides is 1. The molecule has 104 valence electrons. The number of benzene rings is 1. The Morgan fingerprint density at radius 1 is 1.25 bits per heavy atom. The molecule has 1 unspecified atom stereocenters. The average molecular weight is 280 g/mol. The topological polar surface area (TPSA) is 33.2 Å². The van der Waals surface area contributed by atoms with Gasteiger partial charge >= 0.3 is 6.18 Å². The predicted molar refractivity (Wildman–Crippen MR) is 68.3 cm³/mol. The smallest absolute Gasteiger partial charge is 0.308 e. The second-order valence-electron chi connectivity index (χ2n) is 5.07. The van der Waals surface area contributed by atoms with Crippen LogP contribution in [-0.4, -0.2) is 23.6 Å². The van der Waals surface area contributed by atoms with Crippen molar-refractivity contribution in [3.05, 3.63) is 36.5 Å². The molecule has 0 aliphatic carbocycles. The van der Waals surface area contributed by atoms with Crippen LogP contribution in [0.25, 0.3) is 10.9 Å². The third-order valence-corrected chi connectivity index (χ3v) is 3.72. The van der Waals surface area contributed by atoms with Gasteiger partial charge < -0.3 is 4.90 Å². The molecule has 0 N–H and O–H groups in total. The van der Waals surface area contributed by atoms with E-state index < -0.39 is 17.5 Å². The first-order chi connectivity index (χ1) is 9.34. The molecule has 0 saturated carbocycles. The zero-order valence-electron chi connectivity index (χ0n) is 10.6. The molecule has 0 radical (unpaired) electrons. The highest BCUT2D eigenvalue weighted by atomic mass is 19.4. The van der Waals surface area contributed by atoms with Crippen molar-refractivity contribution in [3.63, 3.8) is 0 Å². The highest BCUT2D eigenvalue weighted by Crippen LogP contribution is 2.48. The second-order valence-corrected chi connectivity index (χ2v) is 5.07. The Morgan fingerprint density at radius 3 is 2.60 bits per heavy atom. The summed E-state index contributed by atoms with van der Waals surface area (Å²) in [5.74, 6) is -0.928. The minimum absolute atomic E-state index is 0.370. The molecule has 3 rings (SSSR count). The van der Waals surface area contributed by atoms with Gasteiger partial charge in [0.2, 0.25) is 5.91 Å². The first-order valence-corrected chi connectivity index (χ1v) is 6.07. The van der Waals surface area contributed by atoms with Crippen LogP contribution < -0.4 is 4.90 Å². The molecule has 1 aliphatic heterocycles. The van der Waals surface area contributed by atoms with Crippen molar-refractivity contribution in [2.75, 3.05) is 11.4 Å². The molecule has 1 fully saturated rings. The number of pyridine rings is 1. The summed E-state index contributed by atoms with van der Waals surface area (Å²) in [5, 5.41) is 0.790. The van der Waals surface area contributed by atoms with Crippen LogP contribution in [0, 0.1) is 5.41 Å². The van der Waals surface area contributed by atoms with Crippen molar-refractivity contribution in [3.8, 4) is 0 Å². The molecule has 1 aromatic carbocycles. The molecular weight excluding hydrogens is 269 g/mol. The van der Waals surface area contributed by atoms with Crippen LogP contribution in [0.4, 0.5) is 18.9 Å². The number of alkyl halides is 3. The van der Waals surface area contributed by atoms with Crippen molar-refractivity contribution in [2.24, 2.45) is 5.41 Å². The van der Waals surface area contributed by atoms with Gasteiger partial charge in [0.15, 0.2) is 5.41 Å². The van der Waals surface area contributed by atoms with E-state index in [1.165, 1.54) is 0 Å². The summed E-state index contributed by atoms with van der Waals surface area (Å²) >= 11 is 0. The number of nitrogens with zero attached hydrogens (tertiary/aromatic N) is 2. The lowest BCUT2D eigenvalue weighted by atomic mass is 9.79. The third kappa shape index (κ3) is 1.60. The monoisotopic (exact) mass is 280 g/mol. The first-order valence-electron chi connectivity index (χ1n) is 6.07. The Bertz CT molecular complexity index is 693. The number of hydrogen-bond acceptors (Lipinski definition) is 2. The number of anilines is 1. The summed E-state index contributed by atoms with van der Waals surface area (Å²) in [4.78, 5) is 17.2. The largest absolute Gasteiger partial charge is 0.404 e. The minimum Gasteiger partial charge on any atom is -0.308 e. The Labute approximate surface area is 113 Å². The van der Waals surface area contributed by atoms with E-state index in [1.54, 1.807) is 36.5 Å². The maximum atomic E-state index is 12.9. The summed E-state index contributed by atoms with van der Waals surface area (Å²) in [6.45, 7) is 0.565. The fraction of sp³-hybridized carbons (Fsp3) is 0.286. The SMILES string of the molecule is CC1(C(F)(F)F)CN(c2cccc3cccnc23)C1=O. The van der Waals surface area contributed by atoms with E-state index in [0.717, 1.165) is 17.2 Å². The van der Waals surface area contributed by atoms with Gasteiger partial charge in [-0.2, -0.15) is 13.2 Å². The number of rotatable bonds is 1. The lowest BCUT2D eigenvalue weighted by molar-refractivity contribution is -0.224. The molecule has 0 bridgehead atoms. The van der Waals surface area contributed by atoms with Gasteiger partial charge in [-0.05, 0) is 19.1 Å². The number of aromatic nitrogens is 1. The summed E-state index contributed by atoms with van der Waals surface area (Å²) in [5.41, 5.74) is -1.33. The zero-order chi connectivity index (χ0) is 14.5. The highest BCUT2D eigenvalue weighted by Gasteiger charge is 2.65. The number of hydrogen-bond donors (Lipinski definition) is 0. The van der Waals surface area contributed by atoms with Crippen LogP contribution in [0.2, 0.25) is 0 Å². The van der Waals surface area contributed by atoms with Crippen molar-refractivity contribution in [2.45, 2.75) is 13.1 Å². The van der Waals surface area contributed by atoms with Crippen LogP contribution in [0.5, 0.6) is 0 Å². The molecule has 3 nitrogen and oxygen atoms in total. The number of fused-ring (bicyclic) bond motifs is 1. The summed E-state index contributed by atoms with van der Waals surface area (Å²) < 4.78 is 38.6. The molecule has 1 saturated heterocycles. The fourth-order valence-electron chi connectivity index (χ4n) is 2.37. The average Bonchev–Trinajstić information content (AvgIpc) is 2.42. The highest BCUT2D eigenvalue weighted by molar-refractivity contribution is 6.09. The minimum atomic E-state index is -4.53. The zero-order valence-corrected chi connectivity index (χ0v) is 10.6. The standard InChI is InChI=1S/C14H11F3N2O/c1-13(14(15,16)17)8-19(12(13)20)10-6-2-4-9-5-3-7-18-11(9)10/h2-7H,8H2,1H3. The Balaban J connectivity index is 2.02. The van der Waals surface area contributed by atoms with Crippen LogP contribution >= 0.6 is 0 Å². The van der Waals surface area contributed by atoms with Crippen molar-refractivity contribution < 1.29 is 18.0 Å². The summed E-state index contributed by atoms with van der Waals surface area (Å²) in [6, 6.07) is 8.67. The van der Waals surface area contributed by atoms with Crippen LogP contribution in [0.3, 0.4) is 0 Å². The van der Waals surface area contributed by atoms with Crippen LogP contribution in [0.1, 0.15) is 6.92 Å². The Kier molecular flexibility index (Phi) is 2.54. The molecule has 1 aromatic heterocycles. The number of carbonyl (C=O) groups is 1. The molecule has 1 atom stereocenters. The van der Waals surface area contributed by atoms with E-state index in [-0.39, 0.29) is 6.54 Å². The van der Waals surface area contributed by atoms with Crippen molar-refractivity contribution in [1.29, 1.82) is 0 Å². The summed E-state index contributed by atoms with van der Waals surface area (Å²) in [6.07, 6.45) is -2.97. The maximum absolute atomic E-state index is 12.9. The number of β-lactam (4-membered cyclic amide) rings is 1. The van der Waals surface area contributed by atoms with E-state index in [9.17, 15) is 18.0 Å².